The second kappa shape index (κ2) is 7.64. The predicted octanol–water partition coefficient (Wildman–Crippen LogP) is 2.61. The molecule has 0 N–H and O–H groups in total. The van der Waals surface area contributed by atoms with Crippen molar-refractivity contribution >= 4 is 17.2 Å². The number of hydrogen-bond donors (Lipinski definition) is 0. The maximum atomic E-state index is 12.8. The van der Waals surface area contributed by atoms with Gasteiger partial charge in [-0.25, -0.2) is 9.97 Å². The maximum Gasteiger partial charge on any atom is 0.244 e. The molecule has 27 heavy (non-hydrogen) atoms. The Kier molecular flexibility index (Phi) is 5.07. The minimum atomic E-state index is 0.128. The molecule has 0 bridgehead atoms. The van der Waals surface area contributed by atoms with Crippen LogP contribution in [0.3, 0.4) is 0 Å². The molecule has 7 nitrogen and oxygen atoms in total. The minimum absolute atomic E-state index is 0.128. The van der Waals surface area contributed by atoms with Gasteiger partial charge < -0.3 is 9.47 Å². The number of piperidine rings is 1. The summed E-state index contributed by atoms with van der Waals surface area (Å²) in [6, 6.07) is 2.00. The SMILES string of the molecule is Cc1cc(C)n(CC(=O)N2CCC[C@H](c3nccn3Cc3cscn3)C2)n1. The molecule has 0 aliphatic carbocycles. The number of likely N-dealkylation sites (tertiary alicyclic amines) is 1. The molecule has 3 aromatic rings. The largest absolute Gasteiger partial charge is 0.340 e. The third kappa shape index (κ3) is 3.95. The van der Waals surface area contributed by atoms with Gasteiger partial charge in [0.2, 0.25) is 5.91 Å². The van der Waals surface area contributed by atoms with Gasteiger partial charge in [-0.1, -0.05) is 0 Å². The van der Waals surface area contributed by atoms with E-state index in [-0.39, 0.29) is 11.8 Å². The Labute approximate surface area is 162 Å². The molecule has 1 saturated heterocycles. The summed E-state index contributed by atoms with van der Waals surface area (Å²) < 4.78 is 3.96. The van der Waals surface area contributed by atoms with Crippen LogP contribution in [0.4, 0.5) is 0 Å². The van der Waals surface area contributed by atoms with E-state index in [1.54, 1.807) is 16.0 Å². The minimum Gasteiger partial charge on any atom is -0.340 e. The van der Waals surface area contributed by atoms with Crippen LogP contribution in [-0.4, -0.2) is 48.2 Å². The summed E-state index contributed by atoms with van der Waals surface area (Å²) in [5, 5.41) is 6.48. The van der Waals surface area contributed by atoms with Crippen molar-refractivity contribution in [2.24, 2.45) is 0 Å². The Bertz CT molecular complexity index is 913. The van der Waals surface area contributed by atoms with Gasteiger partial charge in [0, 0.05) is 42.5 Å². The van der Waals surface area contributed by atoms with E-state index in [2.05, 4.69) is 25.0 Å². The molecule has 1 fully saturated rings. The molecule has 142 valence electrons. The molecule has 3 aromatic heterocycles. The van der Waals surface area contributed by atoms with Crippen molar-refractivity contribution in [2.45, 2.75) is 45.7 Å². The van der Waals surface area contributed by atoms with Crippen LogP contribution in [0.2, 0.25) is 0 Å². The number of hydrogen-bond acceptors (Lipinski definition) is 5. The average molecular weight is 385 g/mol. The lowest BCUT2D eigenvalue weighted by molar-refractivity contribution is -0.133. The van der Waals surface area contributed by atoms with Crippen LogP contribution in [0.15, 0.2) is 29.4 Å². The van der Waals surface area contributed by atoms with Crippen LogP contribution in [0.1, 0.15) is 41.7 Å². The van der Waals surface area contributed by atoms with E-state index in [1.807, 2.05) is 42.7 Å². The summed E-state index contributed by atoms with van der Waals surface area (Å²) in [7, 11) is 0. The van der Waals surface area contributed by atoms with Crippen LogP contribution in [-0.2, 0) is 17.9 Å². The zero-order valence-corrected chi connectivity index (χ0v) is 16.5. The van der Waals surface area contributed by atoms with E-state index in [0.29, 0.717) is 13.1 Å². The Morgan fingerprint density at radius 2 is 2.22 bits per heavy atom. The molecule has 1 aliphatic heterocycles. The van der Waals surface area contributed by atoms with Crippen LogP contribution in [0, 0.1) is 13.8 Å². The van der Waals surface area contributed by atoms with Crippen molar-refractivity contribution < 1.29 is 4.79 Å². The summed E-state index contributed by atoms with van der Waals surface area (Å²) in [4.78, 5) is 23.8. The van der Waals surface area contributed by atoms with Crippen molar-refractivity contribution in [3.05, 3.63) is 52.3 Å². The summed E-state index contributed by atoms with van der Waals surface area (Å²) in [6.45, 7) is 6.50. The lowest BCUT2D eigenvalue weighted by Crippen LogP contribution is -2.41. The van der Waals surface area contributed by atoms with E-state index in [1.165, 1.54) is 0 Å². The van der Waals surface area contributed by atoms with Gasteiger partial charge in [0.15, 0.2) is 0 Å². The van der Waals surface area contributed by atoms with E-state index in [0.717, 1.165) is 48.8 Å². The molecule has 0 aromatic carbocycles. The molecule has 0 radical (unpaired) electrons. The van der Waals surface area contributed by atoms with Crippen LogP contribution < -0.4 is 0 Å². The Morgan fingerprint density at radius 1 is 1.33 bits per heavy atom. The van der Waals surface area contributed by atoms with E-state index in [4.69, 9.17) is 0 Å². The quantitative estimate of drug-likeness (QED) is 0.678. The normalized spacial score (nSPS) is 17.4. The van der Waals surface area contributed by atoms with E-state index < -0.39 is 0 Å². The van der Waals surface area contributed by atoms with Crippen LogP contribution in [0.25, 0.3) is 0 Å². The predicted molar refractivity (Wildman–Crippen MR) is 104 cm³/mol. The van der Waals surface area contributed by atoms with Crippen molar-refractivity contribution in [2.75, 3.05) is 13.1 Å². The Morgan fingerprint density at radius 3 is 2.96 bits per heavy atom. The zero-order chi connectivity index (χ0) is 18.8. The first kappa shape index (κ1) is 17.9. The zero-order valence-electron chi connectivity index (χ0n) is 15.7. The number of thiazole rings is 1. The van der Waals surface area contributed by atoms with Gasteiger partial charge >= 0.3 is 0 Å². The number of rotatable bonds is 5. The molecular weight excluding hydrogens is 360 g/mol. The summed E-state index contributed by atoms with van der Waals surface area (Å²) in [5.74, 6) is 1.44. The summed E-state index contributed by atoms with van der Waals surface area (Å²) >= 11 is 1.60. The molecule has 1 atom stereocenters. The molecule has 0 saturated carbocycles. The number of aryl methyl sites for hydroxylation is 2. The monoisotopic (exact) mass is 384 g/mol. The van der Waals surface area contributed by atoms with Crippen molar-refractivity contribution in [1.29, 1.82) is 0 Å². The number of carbonyl (C=O) groups excluding carboxylic acids is 1. The number of amides is 1. The number of nitrogens with zero attached hydrogens (tertiary/aromatic N) is 6. The average Bonchev–Trinajstić information content (AvgIpc) is 3.39. The summed E-state index contributed by atoms with van der Waals surface area (Å²) in [5.41, 5.74) is 4.87. The molecule has 1 aliphatic rings. The number of imidazole rings is 1. The van der Waals surface area contributed by atoms with Gasteiger partial charge in [0.25, 0.3) is 0 Å². The highest BCUT2D eigenvalue weighted by molar-refractivity contribution is 7.07. The topological polar surface area (TPSA) is 68.8 Å². The molecular formula is C19H24N6OS. The van der Waals surface area contributed by atoms with Crippen molar-refractivity contribution in [1.82, 2.24) is 29.2 Å². The highest BCUT2D eigenvalue weighted by Crippen LogP contribution is 2.26. The smallest absolute Gasteiger partial charge is 0.244 e. The third-order valence-electron chi connectivity index (χ3n) is 5.09. The number of aromatic nitrogens is 5. The molecule has 4 heterocycles. The molecule has 8 heteroatoms. The second-order valence-corrected chi connectivity index (χ2v) is 7.88. The van der Waals surface area contributed by atoms with Gasteiger partial charge in [-0.2, -0.15) is 5.10 Å². The second-order valence-electron chi connectivity index (χ2n) is 7.16. The summed E-state index contributed by atoms with van der Waals surface area (Å²) in [6.07, 6.45) is 5.90. The lowest BCUT2D eigenvalue weighted by atomic mass is 9.97. The van der Waals surface area contributed by atoms with Gasteiger partial charge in [0.1, 0.15) is 12.4 Å². The van der Waals surface area contributed by atoms with Gasteiger partial charge in [-0.05, 0) is 32.8 Å². The third-order valence-corrected chi connectivity index (χ3v) is 5.73. The fraction of sp³-hybridized carbons (Fsp3) is 0.474. The molecule has 4 rings (SSSR count). The number of carbonyl (C=O) groups is 1. The first-order valence-corrected chi connectivity index (χ1v) is 10.2. The standard InChI is InChI=1S/C19H24N6OS/c1-14-8-15(2)25(22-14)11-18(26)23-6-3-4-16(9-23)19-20-5-7-24(19)10-17-12-27-13-21-17/h5,7-8,12-13,16H,3-4,6,9-11H2,1-2H3/t16-/m0/s1. The van der Waals surface area contributed by atoms with E-state index in [9.17, 15) is 4.79 Å². The first-order chi connectivity index (χ1) is 13.1. The fourth-order valence-electron chi connectivity index (χ4n) is 3.78. The lowest BCUT2D eigenvalue weighted by Gasteiger charge is -2.32. The fourth-order valence-corrected chi connectivity index (χ4v) is 4.33. The van der Waals surface area contributed by atoms with Gasteiger partial charge in [-0.15, -0.1) is 11.3 Å². The van der Waals surface area contributed by atoms with Gasteiger partial charge in [-0.3, -0.25) is 9.48 Å². The first-order valence-electron chi connectivity index (χ1n) is 9.27. The Balaban J connectivity index is 1.45. The molecule has 0 unspecified atom stereocenters. The van der Waals surface area contributed by atoms with Gasteiger partial charge in [0.05, 0.1) is 23.4 Å². The molecule has 1 amide bonds. The van der Waals surface area contributed by atoms with Crippen molar-refractivity contribution in [3.63, 3.8) is 0 Å². The van der Waals surface area contributed by atoms with Crippen LogP contribution in [0.5, 0.6) is 0 Å². The van der Waals surface area contributed by atoms with E-state index >= 15 is 0 Å². The highest BCUT2D eigenvalue weighted by atomic mass is 32.1. The maximum absolute atomic E-state index is 12.8. The Hall–Kier alpha value is -2.48. The highest BCUT2D eigenvalue weighted by Gasteiger charge is 2.28. The van der Waals surface area contributed by atoms with Crippen LogP contribution >= 0.6 is 11.3 Å². The van der Waals surface area contributed by atoms with Crippen molar-refractivity contribution in [3.8, 4) is 0 Å². The molecule has 0 spiro atoms.